The highest BCUT2D eigenvalue weighted by molar-refractivity contribution is 7.89. The van der Waals surface area contributed by atoms with Crippen LogP contribution >= 0.6 is 23.6 Å². The van der Waals surface area contributed by atoms with E-state index in [0.717, 1.165) is 10.3 Å². The lowest BCUT2D eigenvalue weighted by atomic mass is 10.0. The van der Waals surface area contributed by atoms with Crippen LogP contribution < -0.4 is 15.8 Å². The second kappa shape index (κ2) is 6.31. The molecule has 0 amide bonds. The quantitative estimate of drug-likeness (QED) is 0.696. The highest BCUT2D eigenvalue weighted by atomic mass is 32.2. The van der Waals surface area contributed by atoms with Crippen LogP contribution in [0.5, 0.6) is 0 Å². The van der Waals surface area contributed by atoms with Crippen LogP contribution in [0.3, 0.4) is 0 Å². The van der Waals surface area contributed by atoms with E-state index in [0.29, 0.717) is 5.39 Å². The van der Waals surface area contributed by atoms with Crippen molar-refractivity contribution in [2.24, 2.45) is 5.73 Å². The molecule has 1 atom stereocenters. The van der Waals surface area contributed by atoms with Gasteiger partial charge >= 0.3 is 0 Å². The van der Waals surface area contributed by atoms with E-state index in [1.165, 1.54) is 18.4 Å². The lowest BCUT2D eigenvalue weighted by Gasteiger charge is -2.29. The summed E-state index contributed by atoms with van der Waals surface area (Å²) >= 11 is 6.06. The first-order valence-corrected chi connectivity index (χ1v) is 9.64. The van der Waals surface area contributed by atoms with Gasteiger partial charge in [0.25, 0.3) is 0 Å². The van der Waals surface area contributed by atoms with Crippen molar-refractivity contribution in [3.8, 4) is 0 Å². The molecule has 126 valence electrons. The fraction of sp³-hybridized carbons (Fsp3) is 0.357. The van der Waals surface area contributed by atoms with Gasteiger partial charge in [0.1, 0.15) is 5.82 Å². The molecule has 0 bridgehead atoms. The molecule has 0 saturated heterocycles. The van der Waals surface area contributed by atoms with Gasteiger partial charge in [0.15, 0.2) is 5.11 Å². The third-order valence-corrected chi connectivity index (χ3v) is 6.80. The van der Waals surface area contributed by atoms with Crippen LogP contribution in [0.25, 0.3) is 10.1 Å². The fourth-order valence-corrected chi connectivity index (χ4v) is 5.15. The molecule has 0 aliphatic rings. The number of benzene rings is 1. The van der Waals surface area contributed by atoms with Crippen molar-refractivity contribution in [3.63, 3.8) is 0 Å². The molecule has 1 aromatic heterocycles. The topological polar surface area (TPSA) is 84.2 Å². The number of nitrogens with one attached hydrogen (secondary N) is 2. The number of halogens is 1. The summed E-state index contributed by atoms with van der Waals surface area (Å²) in [5.41, 5.74) is 5.19. The Morgan fingerprint density at radius 2 is 2.13 bits per heavy atom. The van der Waals surface area contributed by atoms with Gasteiger partial charge in [-0.15, -0.1) is 11.3 Å². The van der Waals surface area contributed by atoms with E-state index in [9.17, 15) is 12.8 Å². The zero-order valence-electron chi connectivity index (χ0n) is 12.9. The predicted molar refractivity (Wildman–Crippen MR) is 96.6 cm³/mol. The molecule has 0 spiro atoms. The van der Waals surface area contributed by atoms with Crippen LogP contribution in [0, 0.1) is 12.7 Å². The van der Waals surface area contributed by atoms with Gasteiger partial charge in [0, 0.05) is 10.1 Å². The van der Waals surface area contributed by atoms with Gasteiger partial charge < -0.3 is 11.1 Å². The highest BCUT2D eigenvalue weighted by Gasteiger charge is 2.37. The van der Waals surface area contributed by atoms with E-state index in [-0.39, 0.29) is 9.99 Å². The summed E-state index contributed by atoms with van der Waals surface area (Å²) in [6.45, 7) is 3.45. The zero-order chi connectivity index (χ0) is 17.4. The fourth-order valence-electron chi connectivity index (χ4n) is 2.47. The summed E-state index contributed by atoms with van der Waals surface area (Å²) in [5.74, 6) is -0.845. The third kappa shape index (κ3) is 3.63. The molecule has 9 heteroatoms. The Hall–Kier alpha value is -1.29. The Bertz CT molecular complexity index is 864. The first kappa shape index (κ1) is 18.1. The summed E-state index contributed by atoms with van der Waals surface area (Å²) in [4.78, 5) is 0.258. The average molecular weight is 376 g/mol. The van der Waals surface area contributed by atoms with E-state index in [1.54, 1.807) is 19.1 Å². The third-order valence-electron chi connectivity index (χ3n) is 3.54. The van der Waals surface area contributed by atoms with Gasteiger partial charge in [-0.1, -0.05) is 18.2 Å². The monoisotopic (exact) mass is 375 g/mol. The van der Waals surface area contributed by atoms with Crippen LogP contribution in [0.15, 0.2) is 18.2 Å². The van der Waals surface area contributed by atoms with Gasteiger partial charge in [-0.3, -0.25) is 0 Å². The minimum absolute atomic E-state index is 0.0904. The van der Waals surface area contributed by atoms with Crippen LogP contribution in [0.1, 0.15) is 17.4 Å². The van der Waals surface area contributed by atoms with Gasteiger partial charge in [-0.05, 0) is 38.7 Å². The normalized spacial score (nSPS) is 14.6. The summed E-state index contributed by atoms with van der Waals surface area (Å²) in [7, 11) is -2.32. The van der Waals surface area contributed by atoms with Crippen molar-refractivity contribution in [2.45, 2.75) is 19.4 Å². The smallest absolute Gasteiger partial charge is 0.214 e. The van der Waals surface area contributed by atoms with Crippen LogP contribution in [-0.4, -0.2) is 26.3 Å². The summed E-state index contributed by atoms with van der Waals surface area (Å²) in [6.07, 6.45) is 0. The molecule has 1 heterocycles. The Morgan fingerprint density at radius 3 is 2.65 bits per heavy atom. The van der Waals surface area contributed by atoms with E-state index in [4.69, 9.17) is 18.0 Å². The predicted octanol–water partition coefficient (Wildman–Crippen LogP) is 1.95. The molecule has 0 unspecified atom stereocenters. The number of hydrogen-bond acceptors (Lipinski definition) is 4. The molecule has 23 heavy (non-hydrogen) atoms. The Labute approximate surface area is 144 Å². The molecule has 0 saturated carbocycles. The maximum Gasteiger partial charge on any atom is 0.214 e. The average Bonchev–Trinajstić information content (AvgIpc) is 2.77. The SMILES string of the molecule is CNS(=O)(=O)C[C@](C)(NC(N)=S)c1sc2c(C)cccc2c1F. The Balaban J connectivity index is 2.67. The van der Waals surface area contributed by atoms with E-state index in [2.05, 4.69) is 10.0 Å². The summed E-state index contributed by atoms with van der Waals surface area (Å²) < 4.78 is 41.9. The highest BCUT2D eigenvalue weighted by Crippen LogP contribution is 2.38. The van der Waals surface area contributed by atoms with Gasteiger partial charge in [-0.25, -0.2) is 17.5 Å². The molecule has 1 aromatic carbocycles. The first-order valence-electron chi connectivity index (χ1n) is 6.76. The zero-order valence-corrected chi connectivity index (χ0v) is 15.4. The number of thiocarbonyl (C=S) groups is 1. The van der Waals surface area contributed by atoms with Gasteiger partial charge in [0.2, 0.25) is 10.0 Å². The summed E-state index contributed by atoms with van der Waals surface area (Å²) in [5, 5.41) is 3.12. The minimum Gasteiger partial charge on any atom is -0.376 e. The van der Waals surface area contributed by atoms with Crippen molar-refractivity contribution in [2.75, 3.05) is 12.8 Å². The number of fused-ring (bicyclic) bond motifs is 1. The van der Waals surface area contributed by atoms with Crippen LogP contribution in [0.2, 0.25) is 0 Å². The van der Waals surface area contributed by atoms with E-state index < -0.39 is 27.1 Å². The second-order valence-corrected chi connectivity index (χ2v) is 8.87. The van der Waals surface area contributed by atoms with Gasteiger partial charge in [-0.2, -0.15) is 0 Å². The van der Waals surface area contributed by atoms with Crippen molar-refractivity contribution in [3.05, 3.63) is 34.5 Å². The van der Waals surface area contributed by atoms with Crippen molar-refractivity contribution in [1.82, 2.24) is 10.0 Å². The maximum atomic E-state index is 14.9. The first-order chi connectivity index (χ1) is 10.6. The largest absolute Gasteiger partial charge is 0.376 e. The summed E-state index contributed by atoms with van der Waals surface area (Å²) in [6, 6.07) is 5.32. The second-order valence-electron chi connectivity index (χ2n) is 5.48. The molecular formula is C14H18FN3O2S3. The number of nitrogens with two attached hydrogens (primary N) is 1. The van der Waals surface area contributed by atoms with Crippen molar-refractivity contribution >= 4 is 48.8 Å². The number of rotatable bonds is 5. The minimum atomic E-state index is -3.62. The van der Waals surface area contributed by atoms with Gasteiger partial charge in [0.05, 0.1) is 16.2 Å². The number of hydrogen-bond donors (Lipinski definition) is 3. The molecular weight excluding hydrogens is 357 g/mol. The molecule has 0 fully saturated rings. The van der Waals surface area contributed by atoms with Crippen molar-refractivity contribution < 1.29 is 12.8 Å². The Kier molecular flexibility index (Phi) is 4.95. The molecule has 5 nitrogen and oxygen atoms in total. The van der Waals surface area contributed by atoms with E-state index >= 15 is 0 Å². The molecule has 4 N–H and O–H groups in total. The van der Waals surface area contributed by atoms with Crippen LogP contribution in [-0.2, 0) is 15.6 Å². The molecule has 0 aliphatic heterocycles. The molecule has 2 aromatic rings. The van der Waals surface area contributed by atoms with E-state index in [1.807, 2.05) is 13.0 Å². The Morgan fingerprint density at radius 1 is 1.48 bits per heavy atom. The number of sulfonamides is 1. The molecule has 0 radical (unpaired) electrons. The standard InChI is InChI=1S/C14H18FN3O2S3/c1-8-5-4-6-9-10(15)12(22-11(8)9)14(2,18-13(16)21)7-23(19,20)17-3/h4-6,17H,7H2,1-3H3,(H3,16,18,21)/t14-/m0/s1. The maximum absolute atomic E-state index is 14.9. The van der Waals surface area contributed by atoms with Crippen LogP contribution in [0.4, 0.5) is 4.39 Å². The lowest BCUT2D eigenvalue weighted by Crippen LogP contribution is -2.51. The molecule has 2 rings (SSSR count). The number of aryl methyl sites for hydroxylation is 1. The molecule has 0 aliphatic carbocycles. The number of thiophene rings is 1. The lowest BCUT2D eigenvalue weighted by molar-refractivity contribution is 0.462. The van der Waals surface area contributed by atoms with Crippen molar-refractivity contribution in [1.29, 1.82) is 0 Å².